The second-order valence-corrected chi connectivity index (χ2v) is 16.0. The molecular weight excluding hydrogens is 726 g/mol. The van der Waals surface area contributed by atoms with Crippen molar-refractivity contribution in [2.24, 2.45) is 11.8 Å². The molecule has 0 aliphatic carbocycles. The molecule has 268 valence electrons. The molecule has 2 aliphatic heterocycles. The maximum absolute atomic E-state index is 14.3. The van der Waals surface area contributed by atoms with Gasteiger partial charge in [-0.2, -0.15) is 4.31 Å². The molecule has 11 nitrogen and oxygen atoms in total. The Morgan fingerprint density at radius 2 is 1.72 bits per heavy atom. The summed E-state index contributed by atoms with van der Waals surface area (Å²) >= 11 is 3.51. The molecule has 1 unspecified atom stereocenters. The van der Waals surface area contributed by atoms with Crippen molar-refractivity contribution in [3.05, 3.63) is 100 Å². The number of furan rings is 1. The first-order valence-corrected chi connectivity index (χ1v) is 19.2. The Morgan fingerprint density at radius 3 is 2.44 bits per heavy atom. The first-order chi connectivity index (χ1) is 24.1. The van der Waals surface area contributed by atoms with E-state index in [0.29, 0.717) is 35.3 Å². The van der Waals surface area contributed by atoms with Gasteiger partial charge in [-0.15, -0.1) is 0 Å². The van der Waals surface area contributed by atoms with E-state index < -0.39 is 34.4 Å². The number of nitrogens with zero attached hydrogens (tertiary/aromatic N) is 1. The molecule has 50 heavy (non-hydrogen) atoms. The minimum Gasteiger partial charge on any atom is -0.449 e. The highest BCUT2D eigenvalue weighted by molar-refractivity contribution is 9.10. The smallest absolute Gasteiger partial charge is 0.407 e. The number of hydrogen-bond donors (Lipinski definition) is 3. The first kappa shape index (κ1) is 36.5. The van der Waals surface area contributed by atoms with Crippen LogP contribution in [0, 0.1) is 11.8 Å². The second-order valence-electron chi connectivity index (χ2n) is 13.3. The Balaban J connectivity index is 1.20. The van der Waals surface area contributed by atoms with Crippen LogP contribution in [-0.4, -0.2) is 74.8 Å². The van der Waals surface area contributed by atoms with Crippen LogP contribution in [0.3, 0.4) is 0 Å². The predicted molar refractivity (Wildman–Crippen MR) is 192 cm³/mol. The van der Waals surface area contributed by atoms with Crippen molar-refractivity contribution in [2.75, 3.05) is 26.3 Å². The van der Waals surface area contributed by atoms with Gasteiger partial charge in [0.05, 0.1) is 36.2 Å². The van der Waals surface area contributed by atoms with E-state index in [4.69, 9.17) is 18.6 Å². The number of amides is 1. The molecule has 3 N–H and O–H groups in total. The number of benzene rings is 3. The van der Waals surface area contributed by atoms with Crippen molar-refractivity contribution >= 4 is 43.0 Å². The topological polar surface area (TPSA) is 140 Å². The maximum atomic E-state index is 14.3. The molecule has 2 saturated heterocycles. The minimum atomic E-state index is -4.10. The van der Waals surface area contributed by atoms with E-state index in [1.165, 1.54) is 10.4 Å². The maximum Gasteiger partial charge on any atom is 0.407 e. The molecule has 0 bridgehead atoms. The third kappa shape index (κ3) is 8.76. The van der Waals surface area contributed by atoms with E-state index in [2.05, 4.69) is 26.6 Å². The van der Waals surface area contributed by atoms with Gasteiger partial charge >= 0.3 is 6.09 Å². The summed E-state index contributed by atoms with van der Waals surface area (Å²) in [6, 6.07) is 23.4. The number of carbonyl (C=O) groups excluding carboxylic acids is 1. The van der Waals surface area contributed by atoms with Crippen molar-refractivity contribution < 1.29 is 36.9 Å². The Hall–Kier alpha value is -3.30. The lowest BCUT2D eigenvalue weighted by Crippen LogP contribution is -2.51. The Morgan fingerprint density at radius 1 is 1.00 bits per heavy atom. The number of nitrogens with one attached hydrogen (secondary N) is 2. The van der Waals surface area contributed by atoms with Crippen molar-refractivity contribution in [3.63, 3.8) is 0 Å². The summed E-state index contributed by atoms with van der Waals surface area (Å²) in [5.41, 5.74) is 3.35. The van der Waals surface area contributed by atoms with Crippen molar-refractivity contribution in [2.45, 2.75) is 69.2 Å². The van der Waals surface area contributed by atoms with Crippen LogP contribution in [0.5, 0.6) is 0 Å². The van der Waals surface area contributed by atoms with Gasteiger partial charge in [-0.1, -0.05) is 74.5 Å². The number of aliphatic hydroxyl groups excluding tert-OH is 1. The minimum absolute atomic E-state index is 0.0433. The number of halogens is 1. The second kappa shape index (κ2) is 16.4. The first-order valence-electron chi connectivity index (χ1n) is 17.0. The van der Waals surface area contributed by atoms with E-state index in [0.717, 1.165) is 23.1 Å². The molecule has 3 aromatic carbocycles. The number of fused-ring (bicyclic) bond motifs is 2. The van der Waals surface area contributed by atoms with Crippen LogP contribution in [0.2, 0.25) is 0 Å². The highest BCUT2D eigenvalue weighted by Gasteiger charge is 2.44. The summed E-state index contributed by atoms with van der Waals surface area (Å²) in [5, 5.41) is 18.6. The summed E-state index contributed by atoms with van der Waals surface area (Å²) in [7, 11) is -4.10. The molecule has 4 aromatic rings. The SMILES string of the molecule is CC(C)CN(C[C@@H](O)[C@H](Cc1ccccc1)NC(=O)OC1CO[C@H]2OCC[C@@H]12)S(=O)(=O)c1ccc2oc(Br)c(CNCc3ccccc3)c2c1. The van der Waals surface area contributed by atoms with Crippen molar-refractivity contribution in [1.82, 2.24) is 14.9 Å². The monoisotopic (exact) mass is 769 g/mol. The summed E-state index contributed by atoms with van der Waals surface area (Å²) in [5.74, 6) is -0.0887. The molecule has 3 heterocycles. The molecule has 2 aliphatic rings. The van der Waals surface area contributed by atoms with Crippen molar-refractivity contribution in [1.29, 1.82) is 0 Å². The molecular formula is C37H44BrN3O8S. The average molecular weight is 771 g/mol. The Labute approximate surface area is 301 Å². The zero-order chi connectivity index (χ0) is 35.3. The van der Waals surface area contributed by atoms with Crippen LogP contribution in [0.1, 0.15) is 37.0 Å². The van der Waals surface area contributed by atoms with Gasteiger partial charge in [0.2, 0.25) is 10.0 Å². The Kier molecular flexibility index (Phi) is 11.9. The number of sulfonamides is 1. The van der Waals surface area contributed by atoms with E-state index in [1.807, 2.05) is 74.5 Å². The fraction of sp³-hybridized carbons (Fsp3) is 0.432. The van der Waals surface area contributed by atoms with Crippen LogP contribution >= 0.6 is 15.9 Å². The predicted octanol–water partition coefficient (Wildman–Crippen LogP) is 5.59. The molecule has 0 spiro atoms. The molecule has 1 amide bonds. The fourth-order valence-electron chi connectivity index (χ4n) is 6.54. The third-order valence-corrected chi connectivity index (χ3v) is 11.6. The number of alkyl carbamates (subject to hydrolysis) is 1. The number of carbonyl (C=O) groups is 1. The van der Waals surface area contributed by atoms with Gasteiger partial charge < -0.3 is 34.4 Å². The fourth-order valence-corrected chi connectivity index (χ4v) is 8.71. The van der Waals surface area contributed by atoms with E-state index in [1.54, 1.807) is 12.1 Å². The highest BCUT2D eigenvalue weighted by atomic mass is 79.9. The average Bonchev–Trinajstić information content (AvgIpc) is 3.80. The lowest BCUT2D eigenvalue weighted by atomic mass is 10.0. The quantitative estimate of drug-likeness (QED) is 0.141. The van der Waals surface area contributed by atoms with Crippen LogP contribution in [0.4, 0.5) is 4.79 Å². The van der Waals surface area contributed by atoms with Gasteiger partial charge in [0.1, 0.15) is 11.7 Å². The molecule has 13 heteroatoms. The van der Waals surface area contributed by atoms with Gasteiger partial charge in [0.15, 0.2) is 11.0 Å². The van der Waals surface area contributed by atoms with Crippen molar-refractivity contribution in [3.8, 4) is 0 Å². The third-order valence-electron chi connectivity index (χ3n) is 9.09. The summed E-state index contributed by atoms with van der Waals surface area (Å²) in [4.78, 5) is 13.3. The molecule has 0 radical (unpaired) electrons. The number of ether oxygens (including phenoxy) is 3. The van der Waals surface area contributed by atoms with E-state index >= 15 is 0 Å². The van der Waals surface area contributed by atoms with Gasteiger partial charge in [-0.3, -0.25) is 0 Å². The zero-order valence-corrected chi connectivity index (χ0v) is 30.6. The van der Waals surface area contributed by atoms with Gasteiger partial charge in [-0.25, -0.2) is 13.2 Å². The van der Waals surface area contributed by atoms with Crippen LogP contribution in [0.15, 0.2) is 92.8 Å². The summed E-state index contributed by atoms with van der Waals surface area (Å²) in [6.07, 6.45) is -1.81. The molecule has 1 aromatic heterocycles. The van der Waals surface area contributed by atoms with Gasteiger partial charge in [-0.05, 0) is 64.0 Å². The number of aliphatic hydroxyl groups is 1. The lowest BCUT2D eigenvalue weighted by molar-refractivity contribution is -0.0907. The van der Waals surface area contributed by atoms with Gasteiger partial charge in [0, 0.05) is 37.1 Å². The molecule has 0 saturated carbocycles. The van der Waals surface area contributed by atoms with E-state index in [9.17, 15) is 18.3 Å². The lowest BCUT2D eigenvalue weighted by Gasteiger charge is -2.31. The molecule has 5 atom stereocenters. The summed E-state index contributed by atoms with van der Waals surface area (Å²) < 4.78 is 53.3. The largest absolute Gasteiger partial charge is 0.449 e. The standard InChI is InChI=1S/C37H44BrN3O8S/c1-24(2)21-41(50(44,45)27-13-14-33-29(18-27)30(35(38)48-33)20-39-19-26-11-7-4-8-12-26)22-32(42)31(17-25-9-5-3-6-10-25)40-37(43)49-34-23-47-36-28(34)15-16-46-36/h3-14,18,24,28,31-32,34,36,39,42H,15-17,19-23H2,1-2H3,(H,40,43)/t28-,31-,32+,34?,36+/m0/s1. The van der Waals surface area contributed by atoms with Crippen LogP contribution in [0.25, 0.3) is 11.0 Å². The highest BCUT2D eigenvalue weighted by Crippen LogP contribution is 2.34. The van der Waals surface area contributed by atoms with Crippen LogP contribution < -0.4 is 10.6 Å². The summed E-state index contributed by atoms with van der Waals surface area (Å²) in [6.45, 7) is 5.61. The molecule has 2 fully saturated rings. The van der Waals surface area contributed by atoms with Crippen LogP contribution in [-0.2, 0) is 43.7 Å². The number of rotatable bonds is 15. The normalized spacial score (nSPS) is 20.3. The molecule has 6 rings (SSSR count). The Bertz CT molecular complexity index is 1840. The van der Waals surface area contributed by atoms with E-state index in [-0.39, 0.29) is 49.1 Å². The van der Waals surface area contributed by atoms with Gasteiger partial charge in [0.25, 0.3) is 0 Å². The number of hydrogen-bond acceptors (Lipinski definition) is 9. The zero-order valence-electron chi connectivity index (χ0n) is 28.2.